The predicted molar refractivity (Wildman–Crippen MR) is 380 cm³/mol. The maximum absolute atomic E-state index is 13.0. The van der Waals surface area contributed by atoms with Crippen molar-refractivity contribution in [3.8, 4) is 0 Å². The lowest BCUT2D eigenvalue weighted by molar-refractivity contribution is -0.161. The number of allylic oxidation sites excluding steroid dienone is 22. The molecule has 0 aliphatic rings. The summed E-state index contributed by atoms with van der Waals surface area (Å²) in [5.41, 5.74) is 0. The zero-order chi connectivity index (χ0) is 69.0. The molecule has 0 amide bonds. The van der Waals surface area contributed by atoms with Crippen molar-refractivity contribution in [3.63, 3.8) is 0 Å². The first-order valence-electron chi connectivity index (χ1n) is 35.1. The lowest BCUT2D eigenvalue weighted by atomic mass is 10.1. The van der Waals surface area contributed by atoms with E-state index in [2.05, 4.69) is 125 Å². The van der Waals surface area contributed by atoms with Crippen molar-refractivity contribution in [2.24, 2.45) is 0 Å². The molecule has 0 heterocycles. The van der Waals surface area contributed by atoms with Crippen molar-refractivity contribution in [2.75, 3.05) is 39.6 Å². The van der Waals surface area contributed by atoms with Gasteiger partial charge in [0.25, 0.3) is 0 Å². The summed E-state index contributed by atoms with van der Waals surface area (Å²) < 4.78 is 67.9. The van der Waals surface area contributed by atoms with Gasteiger partial charge in [-0.25, -0.2) is 9.13 Å². The number of esters is 4. The Morgan fingerprint density at radius 2 is 0.628 bits per heavy atom. The number of carbonyl (C=O) groups excluding carboxylic acids is 4. The Balaban J connectivity index is 5.49. The molecule has 0 aromatic carbocycles. The minimum absolute atomic E-state index is 0.0860. The van der Waals surface area contributed by atoms with Crippen molar-refractivity contribution in [1.82, 2.24) is 0 Å². The Bertz CT molecular complexity index is 2360. The first-order chi connectivity index (χ1) is 45.7. The Labute approximate surface area is 567 Å². The third-order valence-electron chi connectivity index (χ3n) is 13.8. The van der Waals surface area contributed by atoms with E-state index in [0.717, 1.165) is 128 Å². The second-order valence-electron chi connectivity index (χ2n) is 22.7. The molecule has 0 aliphatic heterocycles. The van der Waals surface area contributed by atoms with Crippen LogP contribution in [0.3, 0.4) is 0 Å². The molecule has 0 aliphatic carbocycles. The summed E-state index contributed by atoms with van der Waals surface area (Å²) in [5.74, 6) is -2.50. The third kappa shape index (κ3) is 65.6. The summed E-state index contributed by atoms with van der Waals surface area (Å²) in [4.78, 5) is 72.4. The van der Waals surface area contributed by atoms with Crippen LogP contribution in [0.5, 0.6) is 0 Å². The first kappa shape index (κ1) is 88.9. The minimum atomic E-state index is -5.02. The topological polar surface area (TPSA) is 237 Å². The fourth-order valence-corrected chi connectivity index (χ4v) is 10.2. The summed E-state index contributed by atoms with van der Waals surface area (Å²) in [5, 5.41) is 10.6. The summed E-state index contributed by atoms with van der Waals surface area (Å²) in [7, 11) is -10.0. The molecule has 3 N–H and O–H groups in total. The quantitative estimate of drug-likeness (QED) is 0.0169. The Hall–Kier alpha value is -5.06. The zero-order valence-corrected chi connectivity index (χ0v) is 59.6. The van der Waals surface area contributed by atoms with Gasteiger partial charge in [-0.2, -0.15) is 0 Å². The van der Waals surface area contributed by atoms with Crippen molar-refractivity contribution in [2.45, 2.75) is 264 Å². The van der Waals surface area contributed by atoms with Crippen LogP contribution in [0.1, 0.15) is 246 Å². The van der Waals surface area contributed by atoms with E-state index in [1.807, 2.05) is 24.3 Å². The number of carbonyl (C=O) groups is 4. The number of phosphoric ester groups is 2. The monoisotopic (exact) mass is 1360 g/mol. The fourth-order valence-electron chi connectivity index (χ4n) is 8.58. The van der Waals surface area contributed by atoms with Gasteiger partial charge in [-0.3, -0.25) is 37.3 Å². The van der Waals surface area contributed by atoms with Crippen LogP contribution >= 0.6 is 15.6 Å². The van der Waals surface area contributed by atoms with Crippen molar-refractivity contribution < 1.29 is 80.2 Å². The molecule has 0 radical (unpaired) electrons. The van der Waals surface area contributed by atoms with Crippen molar-refractivity contribution in [3.05, 3.63) is 146 Å². The van der Waals surface area contributed by atoms with Gasteiger partial charge in [-0.15, -0.1) is 0 Å². The molecule has 0 saturated heterocycles. The van der Waals surface area contributed by atoms with Crippen LogP contribution in [0, 0.1) is 0 Å². The summed E-state index contributed by atoms with van der Waals surface area (Å²) in [6.07, 6.45) is 73.6. The maximum Gasteiger partial charge on any atom is 0.472 e. The van der Waals surface area contributed by atoms with Gasteiger partial charge in [-0.1, -0.05) is 263 Å². The average Bonchev–Trinajstić information content (AvgIpc) is 1.36. The van der Waals surface area contributed by atoms with Crippen LogP contribution in [0.2, 0.25) is 0 Å². The average molecular weight is 1360 g/mol. The molecule has 5 unspecified atom stereocenters. The Morgan fingerprint density at radius 3 is 1.03 bits per heavy atom. The van der Waals surface area contributed by atoms with E-state index in [1.54, 1.807) is 24.3 Å². The molecule has 0 aromatic rings. The standard InChI is InChI=1S/C75H122O17P2/c1-5-9-13-17-21-25-29-32-34-37-41-44-48-52-56-60-73(78)86-66-71(92-75(80)62-58-54-50-46-42-38-35-33-30-26-22-18-14-10-6-2)68-90-94(83,84)88-64-69(76)63-87-93(81,82)89-67-70(91-74(79)61-57-53-49-45-39-28-24-20-16-12-8-4)65-85-72(77)59-55-51-47-43-40-36-31-27-23-19-15-11-7-3/h9-10,13-15,19,21-22,25-27,31-35,41-42,44,46,52,54,56,58,69-71,76H,5-8,11-12,16-18,20,23-24,28-30,36-40,43,45,47-51,53,55,57,59-68H2,1-4H3,(H,81,82)(H,83,84)/b13-9-,14-10-,19-15-,25-21-,26-22-,31-27-,34-32-,35-33-,44-41-,46-42-,56-52-,58-54-. The van der Waals surface area contributed by atoms with E-state index in [-0.39, 0.29) is 25.7 Å². The summed E-state index contributed by atoms with van der Waals surface area (Å²) in [6.45, 7) is 4.28. The fraction of sp³-hybridized carbons (Fsp3) is 0.627. The van der Waals surface area contributed by atoms with Crippen LogP contribution in [0.25, 0.3) is 0 Å². The molecular formula is C75H122O17P2. The number of hydrogen-bond acceptors (Lipinski definition) is 15. The number of unbranched alkanes of at least 4 members (excludes halogenated alkanes) is 16. The number of ether oxygens (including phenoxy) is 4. The van der Waals surface area contributed by atoms with Crippen LogP contribution < -0.4 is 0 Å². The molecule has 0 rings (SSSR count). The normalized spacial score (nSPS) is 14.9. The highest BCUT2D eigenvalue weighted by atomic mass is 31.2. The van der Waals surface area contributed by atoms with E-state index >= 15 is 0 Å². The van der Waals surface area contributed by atoms with Crippen LogP contribution in [0.4, 0.5) is 0 Å². The van der Waals surface area contributed by atoms with Gasteiger partial charge >= 0.3 is 39.5 Å². The van der Waals surface area contributed by atoms with Gasteiger partial charge < -0.3 is 33.8 Å². The van der Waals surface area contributed by atoms with Gasteiger partial charge in [-0.05, 0) is 103 Å². The number of aliphatic hydroxyl groups excluding tert-OH is 1. The highest BCUT2D eigenvalue weighted by Gasteiger charge is 2.30. The van der Waals surface area contributed by atoms with Crippen LogP contribution in [-0.4, -0.2) is 96.7 Å². The predicted octanol–water partition coefficient (Wildman–Crippen LogP) is 19.5. The van der Waals surface area contributed by atoms with E-state index in [1.165, 1.54) is 38.5 Å². The Kier molecular flexibility index (Phi) is 63.0. The zero-order valence-electron chi connectivity index (χ0n) is 57.8. The number of aliphatic hydroxyl groups is 1. The molecule has 19 heteroatoms. The van der Waals surface area contributed by atoms with Crippen LogP contribution in [-0.2, 0) is 65.4 Å². The van der Waals surface area contributed by atoms with Crippen molar-refractivity contribution in [1.29, 1.82) is 0 Å². The molecule has 0 aromatic heterocycles. The van der Waals surface area contributed by atoms with Crippen LogP contribution in [0.15, 0.2) is 146 Å². The second kappa shape index (κ2) is 66.5. The highest BCUT2D eigenvalue weighted by molar-refractivity contribution is 7.47. The molecular weight excluding hydrogens is 1230 g/mol. The van der Waals surface area contributed by atoms with Crippen molar-refractivity contribution >= 4 is 39.5 Å². The molecule has 5 atom stereocenters. The number of hydrogen-bond donors (Lipinski definition) is 3. The molecule has 534 valence electrons. The van der Waals surface area contributed by atoms with Gasteiger partial charge in [0.15, 0.2) is 12.2 Å². The lowest BCUT2D eigenvalue weighted by Gasteiger charge is -2.21. The van der Waals surface area contributed by atoms with E-state index in [0.29, 0.717) is 25.7 Å². The maximum atomic E-state index is 13.0. The molecule has 0 bridgehead atoms. The lowest BCUT2D eigenvalue weighted by Crippen LogP contribution is -2.30. The van der Waals surface area contributed by atoms with Gasteiger partial charge in [0, 0.05) is 12.8 Å². The van der Waals surface area contributed by atoms with E-state index in [4.69, 9.17) is 37.0 Å². The summed E-state index contributed by atoms with van der Waals surface area (Å²) in [6, 6.07) is 0. The molecule has 0 saturated carbocycles. The largest absolute Gasteiger partial charge is 0.472 e. The summed E-state index contributed by atoms with van der Waals surface area (Å²) >= 11 is 0. The minimum Gasteiger partial charge on any atom is -0.462 e. The third-order valence-corrected chi connectivity index (χ3v) is 15.7. The van der Waals surface area contributed by atoms with E-state index < -0.39 is 97.5 Å². The highest BCUT2D eigenvalue weighted by Crippen LogP contribution is 2.45. The molecule has 17 nitrogen and oxygen atoms in total. The molecule has 0 spiro atoms. The number of phosphoric acid groups is 2. The number of rotatable bonds is 64. The van der Waals surface area contributed by atoms with Gasteiger partial charge in [0.05, 0.1) is 39.3 Å². The van der Waals surface area contributed by atoms with E-state index in [9.17, 15) is 43.2 Å². The smallest absolute Gasteiger partial charge is 0.462 e. The second-order valence-corrected chi connectivity index (χ2v) is 25.7. The molecule has 94 heavy (non-hydrogen) atoms. The van der Waals surface area contributed by atoms with Gasteiger partial charge in [0.1, 0.15) is 19.3 Å². The Morgan fingerprint density at radius 1 is 0.319 bits per heavy atom. The first-order valence-corrected chi connectivity index (χ1v) is 38.1. The molecule has 0 fully saturated rings. The van der Waals surface area contributed by atoms with Gasteiger partial charge in [0.2, 0.25) is 0 Å². The SMILES string of the molecule is CC/C=C\C/C=C\C/C=C\C/C=C\C/C=C\CC(=O)OCC(COP(=O)(O)OCC(O)COP(=O)(O)OCC(COC(=O)CCCCCCC/C=C\C/C=C\CCC)OC(=O)CCCCCCCCCCCCC)OC(=O)C/C=C\C/C=C\C/C=C\C/C=C\C/C=C\CC.